The maximum atomic E-state index is 5.96. The summed E-state index contributed by atoms with van der Waals surface area (Å²) < 4.78 is 16.4. The highest BCUT2D eigenvalue weighted by molar-refractivity contribution is 6.30. The maximum absolute atomic E-state index is 5.96. The van der Waals surface area contributed by atoms with Gasteiger partial charge in [-0.25, -0.2) is 0 Å². The quantitative estimate of drug-likeness (QED) is 0.662. The molecule has 0 spiro atoms. The van der Waals surface area contributed by atoms with Crippen molar-refractivity contribution in [2.45, 2.75) is 20.0 Å². The summed E-state index contributed by atoms with van der Waals surface area (Å²) in [7, 11) is 1.62. The maximum Gasteiger partial charge on any atom is 0.267 e. The molecule has 0 N–H and O–H groups in total. The summed E-state index contributed by atoms with van der Waals surface area (Å²) in [5.41, 5.74) is 1.80. The molecule has 3 rings (SSSR count). The predicted molar refractivity (Wildman–Crippen MR) is 91.5 cm³/mol. The second-order valence-corrected chi connectivity index (χ2v) is 5.79. The number of hydrogen-bond donors (Lipinski definition) is 0. The fourth-order valence-electron chi connectivity index (χ4n) is 2.24. The second-order valence-electron chi connectivity index (χ2n) is 5.35. The zero-order valence-corrected chi connectivity index (χ0v) is 14.4. The SMILES string of the molecule is COc1ccc(-c2noc(C(C)Oc3ccc(Cl)cc3C)n2)cc1. The molecule has 0 amide bonds. The molecule has 0 fully saturated rings. The number of methoxy groups -OCH3 is 1. The van der Waals surface area contributed by atoms with Crippen LogP contribution in [0.15, 0.2) is 47.0 Å². The van der Waals surface area contributed by atoms with Crippen LogP contribution in [0.4, 0.5) is 0 Å². The lowest BCUT2D eigenvalue weighted by atomic mass is 10.2. The molecule has 1 aromatic heterocycles. The van der Waals surface area contributed by atoms with E-state index in [4.69, 9.17) is 25.6 Å². The molecular weight excluding hydrogens is 328 g/mol. The van der Waals surface area contributed by atoms with Gasteiger partial charge in [0.25, 0.3) is 5.89 Å². The number of halogens is 1. The Morgan fingerprint density at radius 3 is 2.54 bits per heavy atom. The second kappa shape index (κ2) is 6.93. The van der Waals surface area contributed by atoms with E-state index in [1.807, 2.05) is 50.2 Å². The van der Waals surface area contributed by atoms with E-state index in [-0.39, 0.29) is 6.10 Å². The summed E-state index contributed by atoms with van der Waals surface area (Å²) in [6.45, 7) is 3.80. The van der Waals surface area contributed by atoms with E-state index in [2.05, 4.69) is 10.1 Å². The molecule has 0 bridgehead atoms. The first-order valence-corrected chi connectivity index (χ1v) is 7.85. The van der Waals surface area contributed by atoms with E-state index in [1.165, 1.54) is 0 Å². The van der Waals surface area contributed by atoms with Crippen LogP contribution >= 0.6 is 11.6 Å². The molecule has 6 heteroatoms. The molecule has 0 saturated heterocycles. The van der Waals surface area contributed by atoms with Crippen molar-refractivity contribution in [1.82, 2.24) is 10.1 Å². The van der Waals surface area contributed by atoms with Crippen molar-refractivity contribution in [2.75, 3.05) is 7.11 Å². The Bertz CT molecular complexity index is 831. The molecule has 3 aromatic rings. The summed E-state index contributed by atoms with van der Waals surface area (Å²) in [6, 6.07) is 12.9. The van der Waals surface area contributed by atoms with Crippen LogP contribution in [-0.4, -0.2) is 17.3 Å². The Kier molecular flexibility index (Phi) is 4.71. The van der Waals surface area contributed by atoms with Gasteiger partial charge >= 0.3 is 0 Å². The van der Waals surface area contributed by atoms with Crippen LogP contribution in [0.5, 0.6) is 11.5 Å². The summed E-state index contributed by atoms with van der Waals surface area (Å²) >= 11 is 5.96. The number of ether oxygens (including phenoxy) is 2. The van der Waals surface area contributed by atoms with Crippen LogP contribution < -0.4 is 9.47 Å². The lowest BCUT2D eigenvalue weighted by molar-refractivity contribution is 0.175. The van der Waals surface area contributed by atoms with Crippen LogP contribution in [-0.2, 0) is 0 Å². The van der Waals surface area contributed by atoms with E-state index in [9.17, 15) is 0 Å². The summed E-state index contributed by atoms with van der Waals surface area (Å²) in [5.74, 6) is 2.43. The van der Waals surface area contributed by atoms with E-state index in [0.29, 0.717) is 16.7 Å². The minimum absolute atomic E-state index is 0.371. The van der Waals surface area contributed by atoms with Crippen LogP contribution in [0.3, 0.4) is 0 Å². The lowest BCUT2D eigenvalue weighted by Crippen LogP contribution is -2.04. The van der Waals surface area contributed by atoms with Crippen molar-refractivity contribution >= 4 is 11.6 Å². The highest BCUT2D eigenvalue weighted by Gasteiger charge is 2.17. The van der Waals surface area contributed by atoms with Crippen molar-refractivity contribution in [3.8, 4) is 22.9 Å². The molecule has 0 aliphatic rings. The molecule has 2 aromatic carbocycles. The lowest BCUT2D eigenvalue weighted by Gasteiger charge is -2.13. The largest absolute Gasteiger partial charge is 0.497 e. The summed E-state index contributed by atoms with van der Waals surface area (Å²) in [4.78, 5) is 4.41. The predicted octanol–water partition coefficient (Wildman–Crippen LogP) is 4.85. The summed E-state index contributed by atoms with van der Waals surface area (Å²) in [5, 5.41) is 4.69. The fourth-order valence-corrected chi connectivity index (χ4v) is 2.47. The Labute approximate surface area is 145 Å². The Morgan fingerprint density at radius 2 is 1.88 bits per heavy atom. The van der Waals surface area contributed by atoms with Crippen molar-refractivity contribution in [2.24, 2.45) is 0 Å². The number of nitrogens with zero attached hydrogens (tertiary/aromatic N) is 2. The van der Waals surface area contributed by atoms with Gasteiger partial charge in [-0.05, 0) is 61.9 Å². The van der Waals surface area contributed by atoms with Gasteiger partial charge in [-0.15, -0.1) is 0 Å². The molecule has 0 aliphatic heterocycles. The first-order chi connectivity index (χ1) is 11.6. The average molecular weight is 345 g/mol. The zero-order valence-electron chi connectivity index (χ0n) is 13.6. The number of rotatable bonds is 5. The van der Waals surface area contributed by atoms with Gasteiger partial charge in [-0.3, -0.25) is 0 Å². The molecule has 1 atom stereocenters. The third-order valence-electron chi connectivity index (χ3n) is 3.58. The third kappa shape index (κ3) is 3.51. The van der Waals surface area contributed by atoms with E-state index in [0.717, 1.165) is 22.6 Å². The first kappa shape index (κ1) is 16.3. The molecule has 0 radical (unpaired) electrons. The van der Waals surface area contributed by atoms with Crippen molar-refractivity contribution in [1.29, 1.82) is 0 Å². The van der Waals surface area contributed by atoms with Crippen LogP contribution in [0.2, 0.25) is 5.02 Å². The topological polar surface area (TPSA) is 57.4 Å². The van der Waals surface area contributed by atoms with Crippen molar-refractivity contribution in [3.63, 3.8) is 0 Å². The normalized spacial score (nSPS) is 12.0. The van der Waals surface area contributed by atoms with Gasteiger partial charge in [-0.1, -0.05) is 16.8 Å². The number of hydrogen-bond acceptors (Lipinski definition) is 5. The highest BCUT2D eigenvalue weighted by Crippen LogP contribution is 2.28. The Hall–Kier alpha value is -2.53. The standard InChI is InChI=1S/C18H17ClN2O3/c1-11-10-14(19)6-9-16(11)23-12(2)18-20-17(21-24-18)13-4-7-15(22-3)8-5-13/h4-10,12H,1-3H3. The van der Waals surface area contributed by atoms with Crippen molar-refractivity contribution < 1.29 is 14.0 Å². The number of aromatic nitrogens is 2. The highest BCUT2D eigenvalue weighted by atomic mass is 35.5. The smallest absolute Gasteiger partial charge is 0.267 e. The molecule has 5 nitrogen and oxygen atoms in total. The zero-order chi connectivity index (χ0) is 17.1. The van der Waals surface area contributed by atoms with Gasteiger partial charge in [0.05, 0.1) is 7.11 Å². The minimum atomic E-state index is -0.371. The molecule has 1 unspecified atom stereocenters. The molecule has 1 heterocycles. The molecule has 0 saturated carbocycles. The van der Waals surface area contributed by atoms with E-state index < -0.39 is 0 Å². The minimum Gasteiger partial charge on any atom is -0.497 e. The van der Waals surface area contributed by atoms with Crippen LogP contribution in [0, 0.1) is 6.92 Å². The van der Waals surface area contributed by atoms with Gasteiger partial charge in [0.15, 0.2) is 6.10 Å². The van der Waals surface area contributed by atoms with Gasteiger partial charge < -0.3 is 14.0 Å². The van der Waals surface area contributed by atoms with Crippen molar-refractivity contribution in [3.05, 3.63) is 58.9 Å². The molecule has 24 heavy (non-hydrogen) atoms. The van der Waals surface area contributed by atoms with Gasteiger partial charge in [-0.2, -0.15) is 4.98 Å². The van der Waals surface area contributed by atoms with E-state index >= 15 is 0 Å². The molecule has 124 valence electrons. The van der Waals surface area contributed by atoms with Gasteiger partial charge in [0.2, 0.25) is 5.82 Å². The number of benzene rings is 2. The van der Waals surface area contributed by atoms with E-state index in [1.54, 1.807) is 13.2 Å². The Balaban J connectivity index is 1.76. The fraction of sp³-hybridized carbons (Fsp3) is 0.222. The van der Waals surface area contributed by atoms with Crippen LogP contribution in [0.1, 0.15) is 24.5 Å². The third-order valence-corrected chi connectivity index (χ3v) is 3.81. The van der Waals surface area contributed by atoms with Gasteiger partial charge in [0, 0.05) is 10.6 Å². The summed E-state index contributed by atoms with van der Waals surface area (Å²) in [6.07, 6.45) is -0.371. The molecule has 0 aliphatic carbocycles. The average Bonchev–Trinajstić information content (AvgIpc) is 3.07. The number of aryl methyl sites for hydroxylation is 1. The Morgan fingerprint density at radius 1 is 1.12 bits per heavy atom. The van der Waals surface area contributed by atoms with Crippen LogP contribution in [0.25, 0.3) is 11.4 Å². The molecular formula is C18H17ClN2O3. The van der Waals surface area contributed by atoms with Gasteiger partial charge in [0.1, 0.15) is 11.5 Å². The first-order valence-electron chi connectivity index (χ1n) is 7.47. The monoisotopic (exact) mass is 344 g/mol.